The van der Waals surface area contributed by atoms with Crippen LogP contribution in [0.1, 0.15) is 0 Å². The molecule has 3 nitrogen and oxygen atoms in total. The summed E-state index contributed by atoms with van der Waals surface area (Å²) in [7, 11) is -3.93. The molecule has 2 aliphatic rings. The number of rotatable bonds is 7. The summed E-state index contributed by atoms with van der Waals surface area (Å²) >= 11 is 0. The van der Waals surface area contributed by atoms with Gasteiger partial charge in [0.05, 0.1) is 0 Å². The van der Waals surface area contributed by atoms with E-state index in [4.69, 9.17) is 15.0 Å². The van der Waals surface area contributed by atoms with Gasteiger partial charge in [0.1, 0.15) is 16.1 Å². The first-order valence-corrected chi connectivity index (χ1v) is 28.9. The van der Waals surface area contributed by atoms with Gasteiger partial charge >= 0.3 is 0 Å². The van der Waals surface area contributed by atoms with Gasteiger partial charge in [0.25, 0.3) is 0 Å². The van der Waals surface area contributed by atoms with Gasteiger partial charge in [-0.15, -0.1) is 0 Å². The lowest BCUT2D eigenvalue weighted by molar-refractivity contribution is 1.07. The second-order valence-electron chi connectivity index (χ2n) is 18.8. The van der Waals surface area contributed by atoms with E-state index >= 15 is 0 Å². The van der Waals surface area contributed by atoms with Gasteiger partial charge in [0.2, 0.25) is 0 Å². The molecule has 0 unspecified atom stereocenters. The highest BCUT2D eigenvalue weighted by Crippen LogP contribution is 2.39. The molecule has 66 heavy (non-hydrogen) atoms. The molecule has 0 amide bonds. The van der Waals surface area contributed by atoms with Crippen LogP contribution >= 0.6 is 0 Å². The molecule has 0 atom stereocenters. The van der Waals surface area contributed by atoms with E-state index in [2.05, 4.69) is 202 Å². The van der Waals surface area contributed by atoms with E-state index in [-0.39, 0.29) is 0 Å². The molecule has 0 N–H and O–H groups in total. The van der Waals surface area contributed by atoms with Crippen molar-refractivity contribution < 1.29 is 0 Å². The molecular weight excluding hydrogens is 831 g/mol. The van der Waals surface area contributed by atoms with Crippen LogP contribution in [-0.4, -0.2) is 31.1 Å². The van der Waals surface area contributed by atoms with Crippen LogP contribution in [0, 0.1) is 0 Å². The minimum absolute atomic E-state index is 0.635. The monoisotopic (exact) mass is 877 g/mol. The predicted molar refractivity (Wildman–Crippen MR) is 282 cm³/mol. The Morgan fingerprint density at radius 2 is 0.545 bits per heavy atom. The summed E-state index contributed by atoms with van der Waals surface area (Å²) in [6.07, 6.45) is 0. The first kappa shape index (κ1) is 40.0. The van der Waals surface area contributed by atoms with E-state index < -0.39 is 16.1 Å². The van der Waals surface area contributed by atoms with Crippen molar-refractivity contribution in [3.63, 3.8) is 0 Å². The first-order valence-electron chi connectivity index (χ1n) is 22.9. The average molecular weight is 878 g/mol. The van der Waals surface area contributed by atoms with Crippen molar-refractivity contribution >= 4 is 36.9 Å². The van der Waals surface area contributed by atoms with Crippen molar-refractivity contribution in [2.75, 3.05) is 0 Å². The summed E-state index contributed by atoms with van der Waals surface area (Å²) in [5.74, 6) is 1.93. The Labute approximate surface area is 389 Å². The molecule has 314 valence electrons. The zero-order valence-electron chi connectivity index (χ0n) is 37.5. The van der Waals surface area contributed by atoms with Gasteiger partial charge in [-0.2, -0.15) is 0 Å². The maximum atomic E-state index is 5.24. The Kier molecular flexibility index (Phi) is 9.42. The van der Waals surface area contributed by atoms with Crippen LogP contribution in [0.5, 0.6) is 0 Å². The minimum Gasteiger partial charge on any atom is -0.208 e. The largest absolute Gasteiger partial charge is 0.208 e. The van der Waals surface area contributed by atoms with Crippen LogP contribution in [0.2, 0.25) is 26.2 Å². The van der Waals surface area contributed by atoms with Crippen LogP contribution in [-0.2, 0) is 0 Å². The summed E-state index contributed by atoms with van der Waals surface area (Å²) in [4.78, 5) is 15.5. The van der Waals surface area contributed by atoms with E-state index in [9.17, 15) is 0 Å². The van der Waals surface area contributed by atoms with E-state index in [1.165, 1.54) is 65.3 Å². The fraction of sp³-hybridized carbons (Fsp3) is 0.0656. The van der Waals surface area contributed by atoms with Crippen molar-refractivity contribution in [3.05, 3.63) is 212 Å². The molecule has 0 radical (unpaired) electrons. The molecule has 12 rings (SSSR count). The van der Waals surface area contributed by atoms with E-state index in [1.807, 2.05) is 36.4 Å². The van der Waals surface area contributed by atoms with Crippen LogP contribution in [0.25, 0.3) is 101 Å². The predicted octanol–water partition coefficient (Wildman–Crippen LogP) is 13.1. The summed E-state index contributed by atoms with van der Waals surface area (Å²) in [6, 6.07) is 77.5. The third-order valence-corrected chi connectivity index (χ3v) is 21.2. The lowest BCUT2D eigenvalue weighted by Crippen LogP contribution is -2.50. The number of hydrogen-bond donors (Lipinski definition) is 0. The minimum atomic E-state index is -1.97. The third-order valence-electron chi connectivity index (χ3n) is 14.1. The molecule has 2 aliphatic heterocycles. The maximum absolute atomic E-state index is 5.24. The standard InChI is InChI=1S/C61H47N3Si2/c1-65(2)55-33-13-11-27-51(55)53-31-17-29-49(57(53)65)44-25-15-23-42(35-44)46-37-47(39-48(38-46)61-63-59(40-19-7-5-8-20-40)62-60(64-61)41-21-9-6-10-22-41)43-24-16-26-45(36-43)50-30-18-32-54-52-28-12-14-34-56(52)66(3,4)58(50)54/h5-39H,1-4H3. The Hall–Kier alpha value is -7.58. The van der Waals surface area contributed by atoms with Crippen LogP contribution in [0.4, 0.5) is 0 Å². The first-order chi connectivity index (χ1) is 32.2. The molecule has 0 spiro atoms. The van der Waals surface area contributed by atoms with Gasteiger partial charge < -0.3 is 0 Å². The second kappa shape index (κ2) is 15.6. The van der Waals surface area contributed by atoms with Gasteiger partial charge in [-0.05, 0) is 118 Å². The molecule has 10 aromatic rings. The molecule has 9 aromatic carbocycles. The topological polar surface area (TPSA) is 38.7 Å². The quantitative estimate of drug-likeness (QED) is 0.150. The van der Waals surface area contributed by atoms with E-state index in [1.54, 1.807) is 0 Å². The van der Waals surface area contributed by atoms with Gasteiger partial charge in [-0.1, -0.05) is 208 Å². The molecule has 3 heterocycles. The Morgan fingerprint density at radius 3 is 1.00 bits per heavy atom. The van der Waals surface area contributed by atoms with Crippen molar-refractivity contribution in [1.82, 2.24) is 15.0 Å². The number of aromatic nitrogens is 3. The van der Waals surface area contributed by atoms with Gasteiger partial charge in [0, 0.05) is 16.7 Å². The van der Waals surface area contributed by atoms with Crippen molar-refractivity contribution in [1.29, 1.82) is 0 Å². The zero-order valence-corrected chi connectivity index (χ0v) is 39.5. The van der Waals surface area contributed by atoms with E-state index in [0.717, 1.165) is 38.9 Å². The fourth-order valence-electron chi connectivity index (χ4n) is 10.9. The smallest absolute Gasteiger partial charge is 0.164 e. The summed E-state index contributed by atoms with van der Waals surface area (Å²) in [5.41, 5.74) is 18.0. The highest BCUT2D eigenvalue weighted by atomic mass is 28.3. The summed E-state index contributed by atoms with van der Waals surface area (Å²) in [6.45, 7) is 10.0. The Bertz CT molecular complexity index is 3310. The average Bonchev–Trinajstić information content (AvgIpc) is 3.76. The molecule has 0 bridgehead atoms. The van der Waals surface area contributed by atoms with Crippen LogP contribution in [0.15, 0.2) is 212 Å². The van der Waals surface area contributed by atoms with Crippen LogP contribution < -0.4 is 20.7 Å². The van der Waals surface area contributed by atoms with Crippen molar-refractivity contribution in [2.45, 2.75) is 26.2 Å². The SMILES string of the molecule is C[Si]1(C)c2ccccc2-c2cccc(-c3cccc(-c4cc(-c5cccc(-c6cccc7c6[Si](C)(C)c6ccccc6-7)c5)cc(-c5nc(-c6ccccc6)nc(-c6ccccc6)n5)c4)c3)c21. The van der Waals surface area contributed by atoms with Gasteiger partial charge in [-0.25, -0.2) is 15.0 Å². The molecule has 0 saturated carbocycles. The normalized spacial score (nSPS) is 13.7. The van der Waals surface area contributed by atoms with Crippen molar-refractivity contribution in [3.8, 4) is 101 Å². The Morgan fingerprint density at radius 1 is 0.242 bits per heavy atom. The van der Waals surface area contributed by atoms with E-state index in [0.29, 0.717) is 17.5 Å². The molecule has 0 fully saturated rings. The molecule has 0 aliphatic carbocycles. The molecule has 0 saturated heterocycles. The number of hydrogen-bond acceptors (Lipinski definition) is 3. The van der Waals surface area contributed by atoms with Crippen LogP contribution in [0.3, 0.4) is 0 Å². The van der Waals surface area contributed by atoms with Crippen molar-refractivity contribution in [2.24, 2.45) is 0 Å². The highest BCUT2D eigenvalue weighted by Gasteiger charge is 2.40. The molecular formula is C61H47N3Si2. The lowest BCUT2D eigenvalue weighted by Gasteiger charge is -2.22. The zero-order chi connectivity index (χ0) is 44.6. The number of fused-ring (bicyclic) bond motifs is 6. The molecule has 1 aromatic heterocycles. The van der Waals surface area contributed by atoms with Gasteiger partial charge in [0.15, 0.2) is 17.5 Å². The Balaban J connectivity index is 1.04. The maximum Gasteiger partial charge on any atom is 0.164 e. The summed E-state index contributed by atoms with van der Waals surface area (Å²) in [5, 5.41) is 6.06. The number of nitrogens with zero attached hydrogens (tertiary/aromatic N) is 3. The highest BCUT2D eigenvalue weighted by molar-refractivity contribution is 7.05. The van der Waals surface area contributed by atoms with Gasteiger partial charge in [-0.3, -0.25) is 0 Å². The lowest BCUT2D eigenvalue weighted by atomic mass is 9.92. The second-order valence-corrected chi connectivity index (χ2v) is 27.4. The fourth-order valence-corrected chi connectivity index (χ4v) is 17.9. The number of benzene rings is 9. The molecule has 5 heteroatoms. The summed E-state index contributed by atoms with van der Waals surface area (Å²) < 4.78 is 0. The third kappa shape index (κ3) is 6.57.